The summed E-state index contributed by atoms with van der Waals surface area (Å²) in [5.41, 5.74) is 0.590. The van der Waals surface area contributed by atoms with Gasteiger partial charge < -0.3 is 10.6 Å². The average molecular weight is 348 g/mol. The zero-order chi connectivity index (χ0) is 16.9. The van der Waals surface area contributed by atoms with Crippen LogP contribution in [0.2, 0.25) is 0 Å². The van der Waals surface area contributed by atoms with Crippen LogP contribution in [0.25, 0.3) is 0 Å². The summed E-state index contributed by atoms with van der Waals surface area (Å²) in [6, 6.07) is 5.43. The summed E-state index contributed by atoms with van der Waals surface area (Å²) in [5.74, 6) is -0.714. The Morgan fingerprint density at radius 2 is 2.38 bits per heavy atom. The van der Waals surface area contributed by atoms with Crippen LogP contribution in [0.5, 0.6) is 0 Å². The Bertz CT molecular complexity index is 723. The number of amides is 2. The smallest absolute Gasteiger partial charge is 0.242 e. The van der Waals surface area contributed by atoms with Crippen molar-refractivity contribution in [1.29, 1.82) is 0 Å². The fraction of sp³-hybridized carbons (Fsp3) is 0.312. The summed E-state index contributed by atoms with van der Waals surface area (Å²) in [6.07, 6.45) is 1.86. The van der Waals surface area contributed by atoms with Gasteiger partial charge in [0.15, 0.2) is 5.13 Å². The zero-order valence-electron chi connectivity index (χ0n) is 12.9. The van der Waals surface area contributed by atoms with Gasteiger partial charge in [0.2, 0.25) is 11.8 Å². The SMILES string of the molecule is O=C(CCN1CCNC(=O)[C@H]1c1cccc(F)c1)Nc1nccs1. The lowest BCUT2D eigenvalue weighted by atomic mass is 10.0. The Morgan fingerprint density at radius 1 is 1.50 bits per heavy atom. The molecule has 0 aliphatic carbocycles. The van der Waals surface area contributed by atoms with Gasteiger partial charge in [-0.15, -0.1) is 11.3 Å². The van der Waals surface area contributed by atoms with Gasteiger partial charge in [-0.2, -0.15) is 0 Å². The third-order valence-electron chi connectivity index (χ3n) is 3.78. The predicted molar refractivity (Wildman–Crippen MR) is 89.1 cm³/mol. The van der Waals surface area contributed by atoms with E-state index in [2.05, 4.69) is 15.6 Å². The first kappa shape index (κ1) is 16.5. The molecule has 1 fully saturated rings. The van der Waals surface area contributed by atoms with Crippen LogP contribution in [0.4, 0.5) is 9.52 Å². The molecule has 0 saturated carbocycles. The molecule has 0 bridgehead atoms. The van der Waals surface area contributed by atoms with Crippen molar-refractivity contribution >= 4 is 28.3 Å². The normalized spacial score (nSPS) is 18.2. The molecule has 2 amide bonds. The van der Waals surface area contributed by atoms with Crippen LogP contribution in [0.15, 0.2) is 35.8 Å². The van der Waals surface area contributed by atoms with E-state index in [0.717, 1.165) is 0 Å². The van der Waals surface area contributed by atoms with Crippen LogP contribution in [-0.4, -0.2) is 41.3 Å². The zero-order valence-corrected chi connectivity index (χ0v) is 13.7. The van der Waals surface area contributed by atoms with E-state index in [9.17, 15) is 14.0 Å². The molecule has 0 spiro atoms. The maximum absolute atomic E-state index is 13.5. The van der Waals surface area contributed by atoms with Gasteiger partial charge in [-0.1, -0.05) is 12.1 Å². The van der Waals surface area contributed by atoms with E-state index in [1.54, 1.807) is 23.7 Å². The van der Waals surface area contributed by atoms with Gasteiger partial charge in [0, 0.05) is 37.6 Å². The van der Waals surface area contributed by atoms with Crippen molar-refractivity contribution in [2.45, 2.75) is 12.5 Å². The first-order valence-electron chi connectivity index (χ1n) is 7.60. The monoisotopic (exact) mass is 348 g/mol. The fourth-order valence-corrected chi connectivity index (χ4v) is 3.25. The number of thiazole rings is 1. The largest absolute Gasteiger partial charge is 0.353 e. The van der Waals surface area contributed by atoms with Crippen LogP contribution in [0.1, 0.15) is 18.0 Å². The number of benzene rings is 1. The number of halogens is 1. The number of aromatic nitrogens is 1. The summed E-state index contributed by atoms with van der Waals surface area (Å²) in [6.45, 7) is 1.53. The van der Waals surface area contributed by atoms with Crippen molar-refractivity contribution in [2.75, 3.05) is 25.0 Å². The van der Waals surface area contributed by atoms with Crippen molar-refractivity contribution in [3.63, 3.8) is 0 Å². The summed E-state index contributed by atoms with van der Waals surface area (Å²) >= 11 is 1.35. The minimum absolute atomic E-state index is 0.158. The third-order valence-corrected chi connectivity index (χ3v) is 4.47. The quantitative estimate of drug-likeness (QED) is 0.864. The second-order valence-corrected chi connectivity index (χ2v) is 6.31. The molecular formula is C16H17FN4O2S. The standard InChI is InChI=1S/C16H17FN4O2S/c17-12-3-1-2-11(10-12)14-15(23)18-5-8-21(14)7-4-13(22)20-16-19-6-9-24-16/h1-3,6,9-10,14H,4-5,7-8H2,(H,18,23)(H,19,20,22)/t14-/m1/s1. The lowest BCUT2D eigenvalue weighted by Gasteiger charge is -2.35. The minimum Gasteiger partial charge on any atom is -0.353 e. The Kier molecular flexibility index (Phi) is 5.17. The molecule has 1 saturated heterocycles. The van der Waals surface area contributed by atoms with E-state index in [0.29, 0.717) is 30.3 Å². The van der Waals surface area contributed by atoms with Crippen LogP contribution in [0, 0.1) is 5.82 Å². The van der Waals surface area contributed by atoms with Crippen LogP contribution in [0.3, 0.4) is 0 Å². The van der Waals surface area contributed by atoms with Gasteiger partial charge in [0.25, 0.3) is 0 Å². The molecule has 0 radical (unpaired) electrons. The fourth-order valence-electron chi connectivity index (χ4n) is 2.71. The van der Waals surface area contributed by atoms with E-state index in [1.807, 2.05) is 4.90 Å². The van der Waals surface area contributed by atoms with Gasteiger partial charge in [0.05, 0.1) is 0 Å². The van der Waals surface area contributed by atoms with Gasteiger partial charge in [0.1, 0.15) is 11.9 Å². The van der Waals surface area contributed by atoms with Gasteiger partial charge in [-0.05, 0) is 17.7 Å². The maximum Gasteiger partial charge on any atom is 0.242 e. The lowest BCUT2D eigenvalue weighted by Crippen LogP contribution is -2.50. The van der Waals surface area contributed by atoms with E-state index in [-0.39, 0.29) is 24.1 Å². The first-order valence-corrected chi connectivity index (χ1v) is 8.48. The number of piperazine rings is 1. The molecule has 1 aliphatic rings. The van der Waals surface area contributed by atoms with E-state index < -0.39 is 6.04 Å². The second-order valence-electron chi connectivity index (χ2n) is 5.42. The summed E-state index contributed by atoms with van der Waals surface area (Å²) in [4.78, 5) is 30.1. The van der Waals surface area contributed by atoms with Crippen LogP contribution in [-0.2, 0) is 9.59 Å². The molecule has 1 aliphatic heterocycles. The molecule has 1 aromatic heterocycles. The number of hydrogen-bond acceptors (Lipinski definition) is 5. The molecule has 8 heteroatoms. The molecule has 1 atom stereocenters. The highest BCUT2D eigenvalue weighted by Gasteiger charge is 2.31. The molecule has 6 nitrogen and oxygen atoms in total. The number of carbonyl (C=O) groups excluding carboxylic acids is 2. The maximum atomic E-state index is 13.5. The Morgan fingerprint density at radius 3 is 3.12 bits per heavy atom. The van der Waals surface area contributed by atoms with E-state index in [1.165, 1.54) is 23.5 Å². The number of anilines is 1. The molecule has 2 heterocycles. The summed E-state index contributed by atoms with van der Waals surface area (Å²) in [5, 5.41) is 7.85. The molecule has 3 rings (SSSR count). The number of hydrogen-bond donors (Lipinski definition) is 2. The van der Waals surface area contributed by atoms with Gasteiger partial charge >= 0.3 is 0 Å². The number of rotatable bonds is 5. The highest BCUT2D eigenvalue weighted by molar-refractivity contribution is 7.13. The third kappa shape index (κ3) is 3.95. The molecule has 24 heavy (non-hydrogen) atoms. The molecule has 2 N–H and O–H groups in total. The van der Waals surface area contributed by atoms with Crippen molar-refractivity contribution in [2.24, 2.45) is 0 Å². The molecular weight excluding hydrogens is 331 g/mol. The van der Waals surface area contributed by atoms with E-state index >= 15 is 0 Å². The molecule has 126 valence electrons. The number of nitrogens with one attached hydrogen (secondary N) is 2. The average Bonchev–Trinajstić information content (AvgIpc) is 3.06. The highest BCUT2D eigenvalue weighted by Crippen LogP contribution is 2.24. The Balaban J connectivity index is 1.66. The molecule has 0 unspecified atom stereocenters. The number of nitrogens with zero attached hydrogens (tertiary/aromatic N) is 2. The predicted octanol–water partition coefficient (Wildman–Crippen LogP) is 1.78. The number of carbonyl (C=O) groups is 2. The Hall–Kier alpha value is -2.32. The highest BCUT2D eigenvalue weighted by atomic mass is 32.1. The van der Waals surface area contributed by atoms with Crippen molar-refractivity contribution in [1.82, 2.24) is 15.2 Å². The van der Waals surface area contributed by atoms with Crippen LogP contribution < -0.4 is 10.6 Å². The lowest BCUT2D eigenvalue weighted by molar-refractivity contribution is -0.130. The minimum atomic E-state index is -0.581. The molecule has 2 aromatic rings. The van der Waals surface area contributed by atoms with Crippen molar-refractivity contribution in [3.05, 3.63) is 47.2 Å². The summed E-state index contributed by atoms with van der Waals surface area (Å²) < 4.78 is 13.5. The second kappa shape index (κ2) is 7.50. The summed E-state index contributed by atoms with van der Waals surface area (Å²) in [7, 11) is 0. The first-order chi connectivity index (χ1) is 11.6. The van der Waals surface area contributed by atoms with Crippen LogP contribution >= 0.6 is 11.3 Å². The van der Waals surface area contributed by atoms with Gasteiger partial charge in [-0.25, -0.2) is 9.37 Å². The van der Waals surface area contributed by atoms with Crippen molar-refractivity contribution < 1.29 is 14.0 Å². The topological polar surface area (TPSA) is 74.3 Å². The Labute approximate surface area is 142 Å². The van der Waals surface area contributed by atoms with Gasteiger partial charge in [-0.3, -0.25) is 14.5 Å². The molecule has 1 aromatic carbocycles. The van der Waals surface area contributed by atoms with Crippen molar-refractivity contribution in [3.8, 4) is 0 Å². The van der Waals surface area contributed by atoms with E-state index in [4.69, 9.17) is 0 Å².